The van der Waals surface area contributed by atoms with Gasteiger partial charge in [-0.2, -0.15) is 0 Å². The van der Waals surface area contributed by atoms with Gasteiger partial charge in [-0.15, -0.1) is 0 Å². The number of nitrogens with two attached hydrogens (primary N) is 1. The van der Waals surface area contributed by atoms with Gasteiger partial charge in [0.15, 0.2) is 0 Å². The van der Waals surface area contributed by atoms with Crippen LogP contribution in [0.15, 0.2) is 12.4 Å². The van der Waals surface area contributed by atoms with Crippen molar-refractivity contribution in [2.45, 2.75) is 52.0 Å². The molecule has 4 heteroatoms. The van der Waals surface area contributed by atoms with Crippen molar-refractivity contribution in [3.05, 3.63) is 18.0 Å². The summed E-state index contributed by atoms with van der Waals surface area (Å²) < 4.78 is 0. The molecule has 1 atom stereocenters. The highest BCUT2D eigenvalue weighted by Crippen LogP contribution is 2.23. The van der Waals surface area contributed by atoms with E-state index in [9.17, 15) is 0 Å². The summed E-state index contributed by atoms with van der Waals surface area (Å²) in [5, 5.41) is 0. The van der Waals surface area contributed by atoms with E-state index in [1.54, 1.807) is 0 Å². The van der Waals surface area contributed by atoms with Gasteiger partial charge in [0.05, 0.1) is 0 Å². The van der Waals surface area contributed by atoms with Crippen molar-refractivity contribution >= 4 is 5.95 Å². The van der Waals surface area contributed by atoms with Gasteiger partial charge in [0.1, 0.15) is 0 Å². The minimum absolute atomic E-state index is 0.523. The van der Waals surface area contributed by atoms with E-state index in [1.807, 2.05) is 12.4 Å². The molecule has 1 aromatic rings. The van der Waals surface area contributed by atoms with E-state index in [2.05, 4.69) is 28.7 Å². The maximum absolute atomic E-state index is 5.71. The van der Waals surface area contributed by atoms with Crippen LogP contribution < -0.4 is 10.6 Å². The monoisotopic (exact) mass is 262 g/mol. The van der Waals surface area contributed by atoms with Gasteiger partial charge in [0.25, 0.3) is 0 Å². The van der Waals surface area contributed by atoms with Crippen molar-refractivity contribution in [2.75, 3.05) is 18.0 Å². The average molecular weight is 262 g/mol. The van der Waals surface area contributed by atoms with Gasteiger partial charge in [-0.3, -0.25) is 0 Å². The van der Waals surface area contributed by atoms with Crippen LogP contribution in [-0.4, -0.2) is 29.1 Å². The molecule has 2 heterocycles. The number of hydrogen-bond donors (Lipinski definition) is 1. The smallest absolute Gasteiger partial charge is 0.225 e. The van der Waals surface area contributed by atoms with E-state index in [-0.39, 0.29) is 0 Å². The van der Waals surface area contributed by atoms with E-state index in [4.69, 9.17) is 5.73 Å². The number of rotatable bonds is 5. The molecule has 0 spiro atoms. The molecule has 0 saturated carbocycles. The van der Waals surface area contributed by atoms with Crippen LogP contribution >= 0.6 is 0 Å². The standard InChI is InChI=1S/C15H26N4/c1-12(2)9-13-10-17-15(18-11-13)19-8-4-3-5-14(19)6-7-16/h10-12,14H,3-9,16H2,1-2H3. The molecular formula is C15H26N4. The van der Waals surface area contributed by atoms with Crippen LogP contribution in [0.4, 0.5) is 5.95 Å². The van der Waals surface area contributed by atoms with Gasteiger partial charge in [-0.25, -0.2) is 9.97 Å². The predicted octanol–water partition coefficient (Wildman–Crippen LogP) is 2.38. The van der Waals surface area contributed by atoms with Gasteiger partial charge in [-0.05, 0) is 50.1 Å². The highest BCUT2D eigenvalue weighted by Gasteiger charge is 2.23. The van der Waals surface area contributed by atoms with E-state index >= 15 is 0 Å². The molecule has 106 valence electrons. The zero-order valence-corrected chi connectivity index (χ0v) is 12.2. The van der Waals surface area contributed by atoms with Crippen LogP contribution in [0.3, 0.4) is 0 Å². The molecule has 19 heavy (non-hydrogen) atoms. The molecule has 1 fully saturated rings. The summed E-state index contributed by atoms with van der Waals surface area (Å²) >= 11 is 0. The molecule has 2 rings (SSSR count). The first kappa shape index (κ1) is 14.3. The lowest BCUT2D eigenvalue weighted by Gasteiger charge is -2.35. The van der Waals surface area contributed by atoms with Crippen LogP contribution in [0.5, 0.6) is 0 Å². The van der Waals surface area contributed by atoms with Crippen LogP contribution in [0.2, 0.25) is 0 Å². The number of anilines is 1. The van der Waals surface area contributed by atoms with Crippen molar-refractivity contribution in [2.24, 2.45) is 11.7 Å². The highest BCUT2D eigenvalue weighted by molar-refractivity contribution is 5.32. The van der Waals surface area contributed by atoms with E-state index in [0.29, 0.717) is 12.0 Å². The first-order valence-corrected chi connectivity index (χ1v) is 7.48. The van der Waals surface area contributed by atoms with Crippen molar-refractivity contribution in [1.29, 1.82) is 0 Å². The molecule has 0 aliphatic carbocycles. The molecule has 1 aliphatic rings. The Morgan fingerprint density at radius 2 is 2.05 bits per heavy atom. The minimum atomic E-state index is 0.523. The predicted molar refractivity (Wildman–Crippen MR) is 79.2 cm³/mol. The molecule has 0 radical (unpaired) electrons. The second-order valence-corrected chi connectivity index (χ2v) is 5.91. The zero-order valence-electron chi connectivity index (χ0n) is 12.2. The van der Waals surface area contributed by atoms with Crippen molar-refractivity contribution < 1.29 is 0 Å². The maximum atomic E-state index is 5.71. The van der Waals surface area contributed by atoms with Crippen molar-refractivity contribution in [1.82, 2.24) is 9.97 Å². The third-order valence-electron chi connectivity index (χ3n) is 3.72. The van der Waals surface area contributed by atoms with E-state index in [0.717, 1.165) is 31.9 Å². The first-order valence-electron chi connectivity index (χ1n) is 7.48. The molecule has 0 bridgehead atoms. The third kappa shape index (κ3) is 3.90. The third-order valence-corrected chi connectivity index (χ3v) is 3.72. The highest BCUT2D eigenvalue weighted by atomic mass is 15.3. The summed E-state index contributed by atoms with van der Waals surface area (Å²) in [5.74, 6) is 1.53. The SMILES string of the molecule is CC(C)Cc1cnc(N2CCCCC2CCN)nc1. The summed E-state index contributed by atoms with van der Waals surface area (Å²) in [6.45, 7) is 6.24. The fraction of sp³-hybridized carbons (Fsp3) is 0.733. The molecule has 1 aromatic heterocycles. The lowest BCUT2D eigenvalue weighted by molar-refractivity contribution is 0.435. The van der Waals surface area contributed by atoms with E-state index < -0.39 is 0 Å². The minimum Gasteiger partial charge on any atom is -0.338 e. The molecule has 2 N–H and O–H groups in total. The van der Waals surface area contributed by atoms with Crippen LogP contribution in [0.25, 0.3) is 0 Å². The second kappa shape index (κ2) is 6.85. The Morgan fingerprint density at radius 3 is 2.68 bits per heavy atom. The Balaban J connectivity index is 2.06. The molecule has 1 unspecified atom stereocenters. The summed E-state index contributed by atoms with van der Waals surface area (Å²) in [6, 6.07) is 0.523. The molecule has 0 amide bonds. The summed E-state index contributed by atoms with van der Waals surface area (Å²) in [7, 11) is 0. The van der Waals surface area contributed by atoms with Gasteiger partial charge in [-0.1, -0.05) is 13.8 Å². The Bertz CT molecular complexity index is 372. The Hall–Kier alpha value is -1.16. The summed E-state index contributed by atoms with van der Waals surface area (Å²) in [4.78, 5) is 11.5. The molecule has 1 saturated heterocycles. The first-order chi connectivity index (χ1) is 9.20. The van der Waals surface area contributed by atoms with Gasteiger partial charge in [0, 0.05) is 25.0 Å². The largest absolute Gasteiger partial charge is 0.338 e. The van der Waals surface area contributed by atoms with E-state index in [1.165, 1.54) is 24.8 Å². The Kier molecular flexibility index (Phi) is 5.14. The topological polar surface area (TPSA) is 55.0 Å². The summed E-state index contributed by atoms with van der Waals surface area (Å²) in [6.07, 6.45) is 9.80. The van der Waals surface area contributed by atoms with Gasteiger partial charge >= 0.3 is 0 Å². The van der Waals surface area contributed by atoms with Crippen LogP contribution in [-0.2, 0) is 6.42 Å². The molecule has 1 aliphatic heterocycles. The average Bonchev–Trinajstić information content (AvgIpc) is 2.40. The van der Waals surface area contributed by atoms with Gasteiger partial charge in [0.2, 0.25) is 5.95 Å². The summed E-state index contributed by atoms with van der Waals surface area (Å²) in [5.41, 5.74) is 6.94. The normalized spacial score (nSPS) is 20.0. The Morgan fingerprint density at radius 1 is 1.32 bits per heavy atom. The second-order valence-electron chi connectivity index (χ2n) is 5.91. The zero-order chi connectivity index (χ0) is 13.7. The number of aromatic nitrogens is 2. The number of hydrogen-bond acceptors (Lipinski definition) is 4. The molecule has 0 aromatic carbocycles. The quantitative estimate of drug-likeness (QED) is 0.885. The lowest BCUT2D eigenvalue weighted by Crippen LogP contribution is -2.41. The number of piperidine rings is 1. The maximum Gasteiger partial charge on any atom is 0.225 e. The van der Waals surface area contributed by atoms with Crippen molar-refractivity contribution in [3.63, 3.8) is 0 Å². The molecular weight excluding hydrogens is 236 g/mol. The number of nitrogens with zero attached hydrogens (tertiary/aromatic N) is 3. The fourth-order valence-electron chi connectivity index (χ4n) is 2.83. The molecule has 4 nitrogen and oxygen atoms in total. The Labute approximate surface area is 116 Å². The lowest BCUT2D eigenvalue weighted by atomic mass is 10.00. The van der Waals surface area contributed by atoms with Gasteiger partial charge < -0.3 is 10.6 Å². The van der Waals surface area contributed by atoms with Crippen molar-refractivity contribution in [3.8, 4) is 0 Å². The fourth-order valence-corrected chi connectivity index (χ4v) is 2.83. The van der Waals surface area contributed by atoms with Crippen LogP contribution in [0.1, 0.15) is 45.1 Å². The van der Waals surface area contributed by atoms with Crippen LogP contribution in [0, 0.1) is 5.92 Å².